The lowest BCUT2D eigenvalue weighted by Crippen LogP contribution is -2.41. The van der Waals surface area contributed by atoms with Crippen LogP contribution in [0.1, 0.15) is 18.9 Å². The van der Waals surface area contributed by atoms with Gasteiger partial charge in [0, 0.05) is 20.1 Å². The third kappa shape index (κ3) is 3.37. The molecule has 0 atom stereocenters. The first-order valence-corrected chi connectivity index (χ1v) is 10.1. The summed E-state index contributed by atoms with van der Waals surface area (Å²) in [6.07, 6.45) is 0.774. The van der Waals surface area contributed by atoms with Gasteiger partial charge in [-0.15, -0.1) is 0 Å². The number of methoxy groups -OCH3 is 1. The van der Waals surface area contributed by atoms with Crippen LogP contribution in [-0.2, 0) is 29.7 Å². The molecule has 1 aromatic carbocycles. The molecule has 0 bridgehead atoms. The van der Waals surface area contributed by atoms with Crippen LogP contribution in [0.15, 0.2) is 27.8 Å². The molecule has 164 valence electrons. The average molecular weight is 427 g/mol. The minimum absolute atomic E-state index is 0.172. The van der Waals surface area contributed by atoms with E-state index in [9.17, 15) is 14.4 Å². The highest BCUT2D eigenvalue weighted by Crippen LogP contribution is 2.37. The van der Waals surface area contributed by atoms with Crippen molar-refractivity contribution in [2.45, 2.75) is 33.4 Å². The number of esters is 1. The Labute approximate surface area is 178 Å². The lowest BCUT2D eigenvalue weighted by molar-refractivity contribution is -0.143. The van der Waals surface area contributed by atoms with E-state index in [0.29, 0.717) is 24.8 Å². The molecule has 0 aliphatic carbocycles. The topological polar surface area (TPSA) is 101 Å². The minimum Gasteiger partial charge on any atom is -0.495 e. The fourth-order valence-electron chi connectivity index (χ4n) is 3.98. The summed E-state index contributed by atoms with van der Waals surface area (Å²) in [4.78, 5) is 44.6. The predicted octanol–water partition coefficient (Wildman–Crippen LogP) is 1.32. The van der Waals surface area contributed by atoms with Crippen molar-refractivity contribution in [1.82, 2.24) is 18.7 Å². The first-order valence-electron chi connectivity index (χ1n) is 10.1. The standard InChI is InChI=1S/C21H25N5O5/c1-5-31-16(27)12-26-19(28)17-18(23(3)21(26)29)22-20-24(9-6-10-25(17)20)14-11-13(2)7-8-15(14)30-4/h7-8,11H,5-6,9-10,12H2,1-4H3. The van der Waals surface area contributed by atoms with Crippen LogP contribution < -0.4 is 20.9 Å². The maximum Gasteiger partial charge on any atom is 0.333 e. The largest absolute Gasteiger partial charge is 0.495 e. The fraction of sp³-hybridized carbons (Fsp3) is 0.429. The summed E-state index contributed by atoms with van der Waals surface area (Å²) >= 11 is 0. The van der Waals surface area contributed by atoms with Gasteiger partial charge in [-0.25, -0.2) is 9.36 Å². The Hall–Kier alpha value is -3.56. The van der Waals surface area contributed by atoms with Crippen LogP contribution in [0.25, 0.3) is 11.2 Å². The van der Waals surface area contributed by atoms with Crippen molar-refractivity contribution in [3.8, 4) is 5.75 Å². The molecule has 0 saturated carbocycles. The van der Waals surface area contributed by atoms with E-state index in [0.717, 1.165) is 22.2 Å². The molecule has 1 aliphatic rings. The highest BCUT2D eigenvalue weighted by atomic mass is 16.5. The summed E-state index contributed by atoms with van der Waals surface area (Å²) in [5.41, 5.74) is 1.31. The van der Waals surface area contributed by atoms with Gasteiger partial charge in [-0.05, 0) is 38.0 Å². The van der Waals surface area contributed by atoms with Crippen molar-refractivity contribution in [3.05, 3.63) is 44.6 Å². The number of carbonyl (C=O) groups is 1. The Morgan fingerprint density at radius 1 is 1.23 bits per heavy atom. The van der Waals surface area contributed by atoms with Crippen LogP contribution >= 0.6 is 0 Å². The highest BCUT2D eigenvalue weighted by Gasteiger charge is 2.28. The van der Waals surface area contributed by atoms with Gasteiger partial charge in [0.15, 0.2) is 11.2 Å². The molecule has 3 heterocycles. The molecule has 1 aliphatic heterocycles. The zero-order chi connectivity index (χ0) is 22.3. The van der Waals surface area contributed by atoms with Gasteiger partial charge in [-0.3, -0.25) is 14.2 Å². The smallest absolute Gasteiger partial charge is 0.333 e. The Kier molecular flexibility index (Phi) is 5.30. The van der Waals surface area contributed by atoms with Gasteiger partial charge in [0.1, 0.15) is 12.3 Å². The number of aromatic nitrogens is 4. The third-order valence-corrected chi connectivity index (χ3v) is 5.43. The number of benzene rings is 1. The first-order chi connectivity index (χ1) is 14.9. The molecule has 4 rings (SSSR count). The van der Waals surface area contributed by atoms with Crippen molar-refractivity contribution < 1.29 is 14.3 Å². The molecule has 3 aromatic rings. The van der Waals surface area contributed by atoms with Crippen molar-refractivity contribution in [3.63, 3.8) is 0 Å². The summed E-state index contributed by atoms with van der Waals surface area (Å²) in [5.74, 6) is 0.622. The lowest BCUT2D eigenvalue weighted by atomic mass is 10.1. The van der Waals surface area contributed by atoms with Gasteiger partial charge < -0.3 is 18.9 Å². The molecule has 10 nitrogen and oxygen atoms in total. The highest BCUT2D eigenvalue weighted by molar-refractivity contribution is 5.79. The van der Waals surface area contributed by atoms with E-state index in [1.165, 1.54) is 4.57 Å². The van der Waals surface area contributed by atoms with Crippen LogP contribution in [-0.4, -0.2) is 44.9 Å². The summed E-state index contributed by atoms with van der Waals surface area (Å²) in [5, 5.41) is 0. The number of anilines is 2. The fourth-order valence-corrected chi connectivity index (χ4v) is 3.98. The molecule has 31 heavy (non-hydrogen) atoms. The monoisotopic (exact) mass is 427 g/mol. The van der Waals surface area contributed by atoms with Crippen LogP contribution in [0.3, 0.4) is 0 Å². The molecule has 0 fully saturated rings. The second kappa shape index (κ2) is 7.93. The number of carbonyl (C=O) groups excluding carboxylic acids is 1. The van der Waals surface area contributed by atoms with Crippen molar-refractivity contribution in [2.24, 2.45) is 7.05 Å². The minimum atomic E-state index is -0.634. The molecule has 0 unspecified atom stereocenters. The summed E-state index contributed by atoms with van der Waals surface area (Å²) in [6, 6.07) is 5.87. The molecule has 0 spiro atoms. The summed E-state index contributed by atoms with van der Waals surface area (Å²) in [6.45, 7) is 4.66. The van der Waals surface area contributed by atoms with Gasteiger partial charge in [-0.2, -0.15) is 4.98 Å². The van der Waals surface area contributed by atoms with E-state index in [-0.39, 0.29) is 17.8 Å². The number of imidazole rings is 1. The average Bonchev–Trinajstić information content (AvgIpc) is 3.15. The summed E-state index contributed by atoms with van der Waals surface area (Å²) in [7, 11) is 3.15. The second-order valence-electron chi connectivity index (χ2n) is 7.45. The van der Waals surface area contributed by atoms with Crippen LogP contribution in [0, 0.1) is 6.92 Å². The van der Waals surface area contributed by atoms with Crippen LogP contribution in [0.2, 0.25) is 0 Å². The van der Waals surface area contributed by atoms with E-state index >= 15 is 0 Å². The molecular weight excluding hydrogens is 402 g/mol. The van der Waals surface area contributed by atoms with Crippen LogP contribution in [0.4, 0.5) is 11.6 Å². The molecule has 0 radical (unpaired) electrons. The molecular formula is C21H25N5O5. The lowest BCUT2D eigenvalue weighted by Gasteiger charge is -2.30. The Morgan fingerprint density at radius 2 is 2.00 bits per heavy atom. The molecule has 2 aromatic heterocycles. The van der Waals surface area contributed by atoms with E-state index in [1.54, 1.807) is 21.1 Å². The van der Waals surface area contributed by atoms with Crippen molar-refractivity contribution in [1.29, 1.82) is 0 Å². The molecule has 10 heteroatoms. The number of fused-ring (bicyclic) bond motifs is 3. The maximum atomic E-state index is 13.2. The maximum absolute atomic E-state index is 13.2. The van der Waals surface area contributed by atoms with E-state index in [2.05, 4.69) is 4.98 Å². The number of aryl methyl sites for hydroxylation is 3. The van der Waals surface area contributed by atoms with Gasteiger partial charge in [0.05, 0.1) is 19.4 Å². The number of rotatable bonds is 5. The predicted molar refractivity (Wildman–Crippen MR) is 115 cm³/mol. The van der Waals surface area contributed by atoms with Crippen molar-refractivity contribution >= 4 is 28.8 Å². The molecule has 0 saturated heterocycles. The quantitative estimate of drug-likeness (QED) is 0.566. The zero-order valence-corrected chi connectivity index (χ0v) is 18.0. The SMILES string of the molecule is CCOC(=O)Cn1c(=O)c2c(nc3n2CCCN3c2cc(C)ccc2OC)n(C)c1=O. The van der Waals surface area contributed by atoms with E-state index in [4.69, 9.17) is 9.47 Å². The van der Waals surface area contributed by atoms with Crippen molar-refractivity contribution in [2.75, 3.05) is 25.2 Å². The molecule has 0 amide bonds. The number of hydrogen-bond acceptors (Lipinski definition) is 7. The normalized spacial score (nSPS) is 13.4. The molecule has 0 N–H and O–H groups in total. The Balaban J connectivity index is 1.93. The Morgan fingerprint density at radius 3 is 2.71 bits per heavy atom. The van der Waals surface area contributed by atoms with E-state index in [1.807, 2.05) is 34.6 Å². The number of nitrogens with zero attached hydrogens (tertiary/aromatic N) is 5. The third-order valence-electron chi connectivity index (χ3n) is 5.43. The first kappa shape index (κ1) is 20.7. The van der Waals surface area contributed by atoms with Gasteiger partial charge in [-0.1, -0.05) is 6.07 Å². The van der Waals surface area contributed by atoms with Gasteiger partial charge >= 0.3 is 11.7 Å². The second-order valence-corrected chi connectivity index (χ2v) is 7.45. The van der Waals surface area contributed by atoms with Crippen LogP contribution in [0.5, 0.6) is 5.75 Å². The number of hydrogen-bond donors (Lipinski definition) is 0. The van der Waals surface area contributed by atoms with Gasteiger partial charge in [0.25, 0.3) is 5.56 Å². The number of ether oxygens (including phenoxy) is 2. The van der Waals surface area contributed by atoms with Gasteiger partial charge in [0.2, 0.25) is 5.95 Å². The Bertz CT molecular complexity index is 1290. The summed E-state index contributed by atoms with van der Waals surface area (Å²) < 4.78 is 14.5. The van der Waals surface area contributed by atoms with E-state index < -0.39 is 23.8 Å². The zero-order valence-electron chi connectivity index (χ0n) is 18.0.